The van der Waals surface area contributed by atoms with Crippen molar-refractivity contribution < 1.29 is 14.3 Å². The van der Waals surface area contributed by atoms with Gasteiger partial charge in [0.15, 0.2) is 0 Å². The lowest BCUT2D eigenvalue weighted by Crippen LogP contribution is -2.30. The number of Topliss-reactive ketones (excluding diaryl/α,β-unsaturated/α-hetero) is 1. The number of carbonyl (C=O) groups is 2. The van der Waals surface area contributed by atoms with Gasteiger partial charge < -0.3 is 4.74 Å². The summed E-state index contributed by atoms with van der Waals surface area (Å²) in [5, 5.41) is 0. The third kappa shape index (κ3) is 1.12. The van der Waals surface area contributed by atoms with Crippen LogP contribution in [0.15, 0.2) is 0 Å². The molecule has 82 valence electrons. The molecule has 0 radical (unpaired) electrons. The second kappa shape index (κ2) is 3.06. The summed E-state index contributed by atoms with van der Waals surface area (Å²) in [5.74, 6) is 1.59. The molecule has 0 N–H and O–H groups in total. The highest BCUT2D eigenvalue weighted by atomic mass is 16.5. The van der Waals surface area contributed by atoms with E-state index < -0.39 is 5.92 Å². The van der Waals surface area contributed by atoms with Gasteiger partial charge in [0, 0.05) is 6.42 Å². The minimum absolute atomic E-state index is 0.133. The Labute approximate surface area is 89.2 Å². The van der Waals surface area contributed by atoms with Crippen molar-refractivity contribution in [3.05, 3.63) is 0 Å². The molecule has 0 aromatic heterocycles. The Morgan fingerprint density at radius 3 is 2.80 bits per heavy atom. The first-order chi connectivity index (χ1) is 7.22. The van der Waals surface area contributed by atoms with Gasteiger partial charge in [-0.05, 0) is 42.9 Å². The lowest BCUT2D eigenvalue weighted by Gasteiger charge is -2.26. The highest BCUT2D eigenvalue weighted by molar-refractivity contribution is 6.01. The zero-order valence-electron chi connectivity index (χ0n) is 8.94. The quantitative estimate of drug-likeness (QED) is 0.483. The molecule has 3 aliphatic rings. The summed E-state index contributed by atoms with van der Waals surface area (Å²) in [6.45, 7) is 0. The Balaban J connectivity index is 1.90. The minimum atomic E-state index is -0.421. The van der Waals surface area contributed by atoms with Crippen molar-refractivity contribution in [2.45, 2.75) is 25.7 Å². The smallest absolute Gasteiger partial charge is 0.316 e. The van der Waals surface area contributed by atoms with Gasteiger partial charge in [-0.2, -0.15) is 0 Å². The Morgan fingerprint density at radius 1 is 1.33 bits per heavy atom. The van der Waals surface area contributed by atoms with E-state index >= 15 is 0 Å². The molecule has 0 amide bonds. The molecule has 1 unspecified atom stereocenters. The molecule has 5 atom stereocenters. The molecule has 0 heterocycles. The van der Waals surface area contributed by atoms with Crippen molar-refractivity contribution in [3.8, 4) is 0 Å². The van der Waals surface area contributed by atoms with E-state index in [1.807, 2.05) is 0 Å². The zero-order valence-corrected chi connectivity index (χ0v) is 8.94. The van der Waals surface area contributed by atoms with Crippen LogP contribution in [0, 0.1) is 29.6 Å². The van der Waals surface area contributed by atoms with Crippen LogP contribution in [-0.4, -0.2) is 18.9 Å². The second-order valence-corrected chi connectivity index (χ2v) is 5.25. The maximum atomic E-state index is 11.8. The van der Waals surface area contributed by atoms with E-state index in [9.17, 15) is 9.59 Å². The molecule has 3 fully saturated rings. The molecule has 3 heteroatoms. The fraction of sp³-hybridized carbons (Fsp3) is 0.833. The van der Waals surface area contributed by atoms with Gasteiger partial charge in [0.2, 0.25) is 0 Å². The van der Waals surface area contributed by atoms with Crippen molar-refractivity contribution >= 4 is 11.8 Å². The molecule has 3 saturated carbocycles. The Hall–Kier alpha value is -0.860. The first-order valence-corrected chi connectivity index (χ1v) is 5.83. The molecular formula is C12H16O3. The summed E-state index contributed by atoms with van der Waals surface area (Å²) in [6.07, 6.45) is 4.36. The van der Waals surface area contributed by atoms with E-state index in [2.05, 4.69) is 0 Å². The number of ether oxygens (including phenoxy) is 1. The highest BCUT2D eigenvalue weighted by Gasteiger charge is 2.58. The molecule has 0 aliphatic heterocycles. The molecule has 3 nitrogen and oxygen atoms in total. The van der Waals surface area contributed by atoms with Gasteiger partial charge in [-0.15, -0.1) is 0 Å². The van der Waals surface area contributed by atoms with Crippen molar-refractivity contribution in [2.75, 3.05) is 7.11 Å². The first kappa shape index (κ1) is 9.37. The summed E-state index contributed by atoms with van der Waals surface area (Å²) in [5.41, 5.74) is 0. The molecule has 3 rings (SSSR count). The predicted octanol–water partition coefficient (Wildman–Crippen LogP) is 1.41. The molecule has 3 aliphatic carbocycles. The average molecular weight is 208 g/mol. The highest BCUT2D eigenvalue weighted by Crippen LogP contribution is 2.59. The van der Waals surface area contributed by atoms with Crippen molar-refractivity contribution in [2.24, 2.45) is 29.6 Å². The third-order valence-electron chi connectivity index (χ3n) is 4.78. The molecule has 0 saturated heterocycles. The molecular weight excluding hydrogens is 192 g/mol. The number of rotatable bonds is 1. The monoisotopic (exact) mass is 208 g/mol. The van der Waals surface area contributed by atoms with Crippen molar-refractivity contribution in [1.29, 1.82) is 0 Å². The fourth-order valence-corrected chi connectivity index (χ4v) is 4.27. The molecule has 0 aromatic carbocycles. The normalized spacial score (nSPS) is 47.0. The van der Waals surface area contributed by atoms with Crippen LogP contribution in [0.2, 0.25) is 0 Å². The molecule has 0 aromatic rings. The minimum Gasteiger partial charge on any atom is -0.468 e. The van der Waals surface area contributed by atoms with Crippen LogP contribution in [0.25, 0.3) is 0 Å². The second-order valence-electron chi connectivity index (χ2n) is 5.25. The lowest BCUT2D eigenvalue weighted by atomic mass is 9.78. The third-order valence-corrected chi connectivity index (χ3v) is 4.78. The van der Waals surface area contributed by atoms with E-state index in [1.54, 1.807) is 0 Å². The van der Waals surface area contributed by atoms with Crippen molar-refractivity contribution in [1.82, 2.24) is 0 Å². The summed E-state index contributed by atoms with van der Waals surface area (Å²) in [4.78, 5) is 23.4. The first-order valence-electron chi connectivity index (χ1n) is 5.83. The Bertz CT molecular complexity index is 323. The number of ketones is 1. The van der Waals surface area contributed by atoms with Gasteiger partial charge in [0.25, 0.3) is 0 Å². The van der Waals surface area contributed by atoms with Gasteiger partial charge in [-0.25, -0.2) is 0 Å². The van der Waals surface area contributed by atoms with E-state index in [0.29, 0.717) is 24.2 Å². The number of hydrogen-bond donors (Lipinski definition) is 0. The number of fused-ring (bicyclic) bond motifs is 5. The summed E-state index contributed by atoms with van der Waals surface area (Å²) >= 11 is 0. The number of methoxy groups -OCH3 is 1. The van der Waals surface area contributed by atoms with Gasteiger partial charge in [-0.1, -0.05) is 0 Å². The number of esters is 1. The van der Waals surface area contributed by atoms with Crippen LogP contribution in [0.3, 0.4) is 0 Å². The van der Waals surface area contributed by atoms with E-state index in [1.165, 1.54) is 26.4 Å². The average Bonchev–Trinajstić information content (AvgIpc) is 2.86. The Morgan fingerprint density at radius 2 is 2.07 bits per heavy atom. The van der Waals surface area contributed by atoms with Crippen LogP contribution in [-0.2, 0) is 14.3 Å². The van der Waals surface area contributed by atoms with Crippen LogP contribution >= 0.6 is 0 Å². The van der Waals surface area contributed by atoms with Crippen molar-refractivity contribution in [3.63, 3.8) is 0 Å². The van der Waals surface area contributed by atoms with E-state index in [4.69, 9.17) is 4.74 Å². The summed E-state index contributed by atoms with van der Waals surface area (Å²) < 4.78 is 4.76. The fourth-order valence-electron chi connectivity index (χ4n) is 4.27. The van der Waals surface area contributed by atoms with Gasteiger partial charge >= 0.3 is 5.97 Å². The number of carbonyl (C=O) groups excluding carboxylic acids is 2. The van der Waals surface area contributed by atoms with Crippen LogP contribution < -0.4 is 0 Å². The largest absolute Gasteiger partial charge is 0.468 e. The SMILES string of the molecule is COC(=O)C1C(=O)C[C@H]2[C@@H]3CC[C@@H](C3)[C@H]12. The molecule has 2 bridgehead atoms. The maximum absolute atomic E-state index is 11.8. The van der Waals surface area contributed by atoms with Crippen LogP contribution in [0.5, 0.6) is 0 Å². The van der Waals surface area contributed by atoms with Crippen LogP contribution in [0.4, 0.5) is 0 Å². The number of hydrogen-bond acceptors (Lipinski definition) is 3. The topological polar surface area (TPSA) is 43.4 Å². The van der Waals surface area contributed by atoms with Gasteiger partial charge in [-0.3, -0.25) is 9.59 Å². The van der Waals surface area contributed by atoms with Gasteiger partial charge in [0.1, 0.15) is 11.7 Å². The Kier molecular flexibility index (Phi) is 1.91. The molecule has 15 heavy (non-hydrogen) atoms. The summed E-state index contributed by atoms with van der Waals surface area (Å²) in [7, 11) is 1.39. The van der Waals surface area contributed by atoms with E-state index in [0.717, 1.165) is 5.92 Å². The van der Waals surface area contributed by atoms with E-state index in [-0.39, 0.29) is 11.8 Å². The maximum Gasteiger partial charge on any atom is 0.316 e. The predicted molar refractivity (Wildman–Crippen MR) is 52.9 cm³/mol. The van der Waals surface area contributed by atoms with Crippen LogP contribution in [0.1, 0.15) is 25.7 Å². The standard InChI is InChI=1S/C12H16O3/c1-15-12(14)11-9(13)5-8-6-2-3-7(4-6)10(8)11/h6-8,10-11H,2-5H2,1H3/t6-,7+,8+,10+,11?/m1/s1. The molecule has 0 spiro atoms. The summed E-state index contributed by atoms with van der Waals surface area (Å²) in [6, 6.07) is 0. The van der Waals surface area contributed by atoms with Gasteiger partial charge in [0.05, 0.1) is 7.11 Å². The lowest BCUT2D eigenvalue weighted by molar-refractivity contribution is -0.150. The zero-order chi connectivity index (χ0) is 10.6.